The molecule has 2 heterocycles. The fourth-order valence-electron chi connectivity index (χ4n) is 1.75. The van der Waals surface area contributed by atoms with Gasteiger partial charge in [0, 0.05) is 33.9 Å². The summed E-state index contributed by atoms with van der Waals surface area (Å²) in [5, 5.41) is 6.12. The Labute approximate surface area is 119 Å². The third-order valence-corrected chi connectivity index (χ3v) is 2.59. The third kappa shape index (κ3) is 3.48. The molecular formula is C12H21ClN6. The second-order valence-electron chi connectivity index (χ2n) is 4.49. The highest BCUT2D eigenvalue weighted by Gasteiger charge is 2.10. The molecule has 0 aromatic carbocycles. The molecule has 6 nitrogen and oxygen atoms in total. The lowest BCUT2D eigenvalue weighted by Crippen LogP contribution is -2.21. The SMILES string of the molecule is CCCNc1nc(NN(C)C)c2ccn(C)c2n1.Cl. The number of halogens is 1. The van der Waals surface area contributed by atoms with Crippen LogP contribution in [-0.4, -0.2) is 40.2 Å². The van der Waals surface area contributed by atoms with E-state index in [0.29, 0.717) is 5.95 Å². The summed E-state index contributed by atoms with van der Waals surface area (Å²) >= 11 is 0. The number of fused-ring (bicyclic) bond motifs is 1. The van der Waals surface area contributed by atoms with E-state index in [1.165, 1.54) is 0 Å². The van der Waals surface area contributed by atoms with Gasteiger partial charge in [-0.15, -0.1) is 12.4 Å². The van der Waals surface area contributed by atoms with E-state index in [2.05, 4.69) is 27.6 Å². The standard InChI is InChI=1S/C12H20N6.ClH/c1-5-7-13-12-14-10(16-17(2)3)9-6-8-18(4)11(9)15-12;/h6,8H,5,7H2,1-4H3,(H2,13,14,15,16);1H. The van der Waals surface area contributed by atoms with Crippen molar-refractivity contribution < 1.29 is 0 Å². The minimum atomic E-state index is 0. The largest absolute Gasteiger partial charge is 0.354 e. The predicted octanol–water partition coefficient (Wildman–Crippen LogP) is 2.10. The summed E-state index contributed by atoms with van der Waals surface area (Å²) in [6, 6.07) is 2.02. The molecule has 0 bridgehead atoms. The van der Waals surface area contributed by atoms with Crippen molar-refractivity contribution in [3.63, 3.8) is 0 Å². The topological polar surface area (TPSA) is 58.0 Å². The van der Waals surface area contributed by atoms with Gasteiger partial charge in [-0.3, -0.25) is 0 Å². The lowest BCUT2D eigenvalue weighted by atomic mass is 10.4. The molecule has 19 heavy (non-hydrogen) atoms. The zero-order valence-electron chi connectivity index (χ0n) is 11.8. The van der Waals surface area contributed by atoms with Gasteiger partial charge < -0.3 is 15.3 Å². The molecule has 0 aliphatic carbocycles. The Morgan fingerprint density at radius 3 is 2.68 bits per heavy atom. The van der Waals surface area contributed by atoms with Crippen molar-refractivity contribution in [1.29, 1.82) is 0 Å². The Balaban J connectivity index is 0.00000180. The normalized spacial score (nSPS) is 10.6. The molecule has 2 aromatic heterocycles. The first kappa shape index (κ1) is 15.5. The van der Waals surface area contributed by atoms with Crippen molar-refractivity contribution in [2.75, 3.05) is 31.4 Å². The van der Waals surface area contributed by atoms with Gasteiger partial charge in [-0.05, 0) is 12.5 Å². The Hall–Kier alpha value is -1.53. The molecule has 106 valence electrons. The molecule has 0 aliphatic rings. The molecule has 2 rings (SSSR count). The van der Waals surface area contributed by atoms with Gasteiger partial charge in [0.05, 0.1) is 5.39 Å². The second kappa shape index (κ2) is 6.58. The van der Waals surface area contributed by atoms with E-state index in [1.807, 2.05) is 43.0 Å². The highest BCUT2D eigenvalue weighted by molar-refractivity contribution is 5.88. The summed E-state index contributed by atoms with van der Waals surface area (Å²) in [5.74, 6) is 1.49. The number of aryl methyl sites for hydroxylation is 1. The van der Waals surface area contributed by atoms with Gasteiger partial charge >= 0.3 is 0 Å². The van der Waals surface area contributed by atoms with Gasteiger partial charge in [-0.25, -0.2) is 5.01 Å². The van der Waals surface area contributed by atoms with Crippen molar-refractivity contribution in [3.05, 3.63) is 12.3 Å². The maximum atomic E-state index is 4.52. The number of hydrazine groups is 1. The van der Waals surface area contributed by atoms with E-state index >= 15 is 0 Å². The Morgan fingerprint density at radius 2 is 2.05 bits per heavy atom. The van der Waals surface area contributed by atoms with E-state index < -0.39 is 0 Å². The summed E-state index contributed by atoms with van der Waals surface area (Å²) in [5.41, 5.74) is 4.13. The molecular weight excluding hydrogens is 264 g/mol. The quantitative estimate of drug-likeness (QED) is 0.824. The molecule has 0 aliphatic heterocycles. The van der Waals surface area contributed by atoms with Crippen LogP contribution in [0.2, 0.25) is 0 Å². The van der Waals surface area contributed by atoms with Gasteiger partial charge in [0.25, 0.3) is 0 Å². The van der Waals surface area contributed by atoms with Crippen LogP contribution in [0.5, 0.6) is 0 Å². The van der Waals surface area contributed by atoms with Crippen LogP contribution in [0.3, 0.4) is 0 Å². The van der Waals surface area contributed by atoms with Crippen molar-refractivity contribution in [2.24, 2.45) is 7.05 Å². The number of hydrogen-bond donors (Lipinski definition) is 2. The minimum Gasteiger partial charge on any atom is -0.354 e. The number of nitrogens with zero attached hydrogens (tertiary/aromatic N) is 4. The number of hydrogen-bond acceptors (Lipinski definition) is 5. The number of anilines is 2. The highest BCUT2D eigenvalue weighted by atomic mass is 35.5. The lowest BCUT2D eigenvalue weighted by molar-refractivity contribution is 0.493. The first-order chi connectivity index (χ1) is 8.61. The zero-order valence-corrected chi connectivity index (χ0v) is 12.6. The lowest BCUT2D eigenvalue weighted by Gasteiger charge is -2.14. The predicted molar refractivity (Wildman–Crippen MR) is 81.8 cm³/mol. The van der Waals surface area contributed by atoms with Crippen LogP contribution < -0.4 is 10.7 Å². The average molecular weight is 285 g/mol. The highest BCUT2D eigenvalue weighted by Crippen LogP contribution is 2.22. The molecule has 2 N–H and O–H groups in total. The molecule has 0 radical (unpaired) electrons. The fourth-order valence-corrected chi connectivity index (χ4v) is 1.75. The van der Waals surface area contributed by atoms with Gasteiger partial charge in [0.1, 0.15) is 5.65 Å². The van der Waals surface area contributed by atoms with E-state index in [4.69, 9.17) is 0 Å². The second-order valence-corrected chi connectivity index (χ2v) is 4.49. The molecule has 0 amide bonds. The van der Waals surface area contributed by atoms with Gasteiger partial charge in [-0.1, -0.05) is 6.92 Å². The van der Waals surface area contributed by atoms with Crippen LogP contribution in [0, 0.1) is 0 Å². The van der Waals surface area contributed by atoms with Crippen LogP contribution in [-0.2, 0) is 7.05 Å². The number of aromatic nitrogens is 3. The van der Waals surface area contributed by atoms with Gasteiger partial charge in [0.15, 0.2) is 5.82 Å². The monoisotopic (exact) mass is 284 g/mol. The zero-order chi connectivity index (χ0) is 13.1. The van der Waals surface area contributed by atoms with Crippen molar-refractivity contribution in [3.8, 4) is 0 Å². The molecule has 2 aromatic rings. The van der Waals surface area contributed by atoms with Crippen LogP contribution in [0.25, 0.3) is 11.0 Å². The van der Waals surface area contributed by atoms with Crippen molar-refractivity contribution >= 4 is 35.2 Å². The maximum Gasteiger partial charge on any atom is 0.226 e. The van der Waals surface area contributed by atoms with Crippen LogP contribution >= 0.6 is 12.4 Å². The smallest absolute Gasteiger partial charge is 0.226 e. The van der Waals surface area contributed by atoms with Gasteiger partial charge in [-0.2, -0.15) is 9.97 Å². The molecule has 0 fully saturated rings. The summed E-state index contributed by atoms with van der Waals surface area (Å²) < 4.78 is 2.00. The van der Waals surface area contributed by atoms with E-state index in [-0.39, 0.29) is 12.4 Å². The Morgan fingerprint density at radius 1 is 1.32 bits per heavy atom. The molecule has 0 spiro atoms. The summed E-state index contributed by atoms with van der Waals surface area (Å²) in [6.07, 6.45) is 3.04. The first-order valence-corrected chi connectivity index (χ1v) is 6.12. The van der Waals surface area contributed by atoms with E-state index in [9.17, 15) is 0 Å². The summed E-state index contributed by atoms with van der Waals surface area (Å²) in [6.45, 7) is 2.99. The Kier molecular flexibility index (Phi) is 5.38. The minimum absolute atomic E-state index is 0. The number of rotatable bonds is 5. The van der Waals surface area contributed by atoms with Crippen molar-refractivity contribution in [2.45, 2.75) is 13.3 Å². The van der Waals surface area contributed by atoms with E-state index in [0.717, 1.165) is 29.8 Å². The molecule has 0 saturated carbocycles. The molecule has 0 unspecified atom stereocenters. The fraction of sp³-hybridized carbons (Fsp3) is 0.500. The van der Waals surface area contributed by atoms with E-state index in [1.54, 1.807) is 0 Å². The first-order valence-electron chi connectivity index (χ1n) is 6.12. The molecule has 7 heteroatoms. The molecule has 0 saturated heterocycles. The average Bonchev–Trinajstić information content (AvgIpc) is 2.68. The van der Waals surface area contributed by atoms with Gasteiger partial charge in [0.2, 0.25) is 5.95 Å². The Bertz CT molecular complexity index is 536. The van der Waals surface area contributed by atoms with Crippen LogP contribution in [0.15, 0.2) is 12.3 Å². The molecule has 0 atom stereocenters. The maximum absolute atomic E-state index is 4.52. The van der Waals surface area contributed by atoms with Crippen LogP contribution in [0.1, 0.15) is 13.3 Å². The third-order valence-electron chi connectivity index (χ3n) is 2.59. The summed E-state index contributed by atoms with van der Waals surface area (Å²) in [4.78, 5) is 9.03. The van der Waals surface area contributed by atoms with Crippen molar-refractivity contribution in [1.82, 2.24) is 19.5 Å². The number of nitrogens with one attached hydrogen (secondary N) is 2. The summed E-state index contributed by atoms with van der Waals surface area (Å²) in [7, 11) is 5.87. The van der Waals surface area contributed by atoms with Crippen LogP contribution in [0.4, 0.5) is 11.8 Å².